The van der Waals surface area contributed by atoms with Gasteiger partial charge in [0.1, 0.15) is 17.2 Å². The van der Waals surface area contributed by atoms with E-state index >= 15 is 0 Å². The van der Waals surface area contributed by atoms with Crippen molar-refractivity contribution < 1.29 is 18.8 Å². The fraction of sp³-hybridized carbons (Fsp3) is 0.467. The number of hydrogen-bond donors (Lipinski definition) is 1. The standard InChI is InChI=1S/C15H19FN2O3/c1-4-15(5-2,20-6-3)14-17-13(21-18-14)11-9-10(16)7-8-12(11)19/h7-9,19H,4-6H2,1-3H3. The summed E-state index contributed by atoms with van der Waals surface area (Å²) in [4.78, 5) is 4.29. The van der Waals surface area contributed by atoms with E-state index in [1.165, 1.54) is 12.1 Å². The zero-order valence-corrected chi connectivity index (χ0v) is 12.4. The van der Waals surface area contributed by atoms with Crippen LogP contribution in [0, 0.1) is 5.82 Å². The van der Waals surface area contributed by atoms with E-state index in [1.807, 2.05) is 20.8 Å². The molecule has 0 aliphatic rings. The van der Waals surface area contributed by atoms with Crippen LogP contribution in [0.3, 0.4) is 0 Å². The number of nitrogens with zero attached hydrogens (tertiary/aromatic N) is 2. The number of halogens is 1. The molecule has 0 bridgehead atoms. The summed E-state index contributed by atoms with van der Waals surface area (Å²) in [6, 6.07) is 3.58. The van der Waals surface area contributed by atoms with Crippen LogP contribution in [0.4, 0.5) is 4.39 Å². The zero-order valence-electron chi connectivity index (χ0n) is 12.4. The van der Waals surface area contributed by atoms with E-state index in [9.17, 15) is 9.50 Å². The normalized spacial score (nSPS) is 11.8. The van der Waals surface area contributed by atoms with Crippen molar-refractivity contribution in [2.45, 2.75) is 39.2 Å². The number of hydrogen-bond acceptors (Lipinski definition) is 5. The molecular formula is C15H19FN2O3. The van der Waals surface area contributed by atoms with Crippen molar-refractivity contribution in [3.8, 4) is 17.2 Å². The van der Waals surface area contributed by atoms with Crippen molar-refractivity contribution in [1.29, 1.82) is 0 Å². The van der Waals surface area contributed by atoms with Gasteiger partial charge in [-0.15, -0.1) is 0 Å². The highest BCUT2D eigenvalue weighted by Gasteiger charge is 2.34. The van der Waals surface area contributed by atoms with Gasteiger partial charge in [-0.1, -0.05) is 19.0 Å². The summed E-state index contributed by atoms with van der Waals surface area (Å²) >= 11 is 0. The predicted molar refractivity (Wildman–Crippen MR) is 75.2 cm³/mol. The van der Waals surface area contributed by atoms with E-state index < -0.39 is 11.4 Å². The lowest BCUT2D eigenvalue weighted by Gasteiger charge is -2.27. The lowest BCUT2D eigenvalue weighted by atomic mass is 9.96. The SMILES string of the molecule is CCOC(CC)(CC)c1noc(-c2cc(F)ccc2O)n1. The first-order valence-corrected chi connectivity index (χ1v) is 7.03. The summed E-state index contributed by atoms with van der Waals surface area (Å²) in [7, 11) is 0. The quantitative estimate of drug-likeness (QED) is 0.881. The zero-order chi connectivity index (χ0) is 15.5. The molecule has 0 unspecified atom stereocenters. The smallest absolute Gasteiger partial charge is 0.261 e. The first-order valence-electron chi connectivity index (χ1n) is 7.03. The highest BCUT2D eigenvalue weighted by Crippen LogP contribution is 2.34. The first-order chi connectivity index (χ1) is 10.1. The van der Waals surface area contributed by atoms with Gasteiger partial charge in [-0.25, -0.2) is 4.39 Å². The second-order valence-electron chi connectivity index (χ2n) is 4.72. The summed E-state index contributed by atoms with van der Waals surface area (Å²) in [6.45, 7) is 6.39. The molecule has 0 saturated carbocycles. The minimum atomic E-state index is -0.626. The predicted octanol–water partition coefficient (Wildman–Crippen LogP) is 3.63. The molecule has 1 aromatic heterocycles. The first kappa shape index (κ1) is 15.4. The van der Waals surface area contributed by atoms with Gasteiger partial charge in [0.05, 0.1) is 5.56 Å². The van der Waals surface area contributed by atoms with Crippen LogP contribution in [0.25, 0.3) is 11.5 Å². The van der Waals surface area contributed by atoms with Crippen LogP contribution < -0.4 is 0 Å². The molecule has 1 aromatic carbocycles. The highest BCUT2D eigenvalue weighted by molar-refractivity contribution is 5.61. The van der Waals surface area contributed by atoms with E-state index in [-0.39, 0.29) is 17.2 Å². The van der Waals surface area contributed by atoms with Crippen LogP contribution >= 0.6 is 0 Å². The van der Waals surface area contributed by atoms with E-state index in [0.717, 1.165) is 6.07 Å². The summed E-state index contributed by atoms with van der Waals surface area (Å²) in [5, 5.41) is 13.7. The number of aromatic nitrogens is 2. The van der Waals surface area contributed by atoms with Crippen molar-refractivity contribution in [3.05, 3.63) is 29.8 Å². The molecule has 2 rings (SSSR count). The molecule has 21 heavy (non-hydrogen) atoms. The summed E-state index contributed by atoms with van der Waals surface area (Å²) in [6.07, 6.45) is 1.37. The second-order valence-corrected chi connectivity index (χ2v) is 4.72. The lowest BCUT2D eigenvalue weighted by molar-refractivity contribution is -0.0583. The third-order valence-electron chi connectivity index (χ3n) is 3.59. The molecule has 1 heterocycles. The van der Waals surface area contributed by atoms with Gasteiger partial charge in [-0.05, 0) is 38.0 Å². The number of rotatable bonds is 6. The Hall–Kier alpha value is -1.95. The van der Waals surface area contributed by atoms with Crippen LogP contribution in [0.2, 0.25) is 0 Å². The highest BCUT2D eigenvalue weighted by atomic mass is 19.1. The van der Waals surface area contributed by atoms with Gasteiger partial charge >= 0.3 is 0 Å². The van der Waals surface area contributed by atoms with E-state index in [4.69, 9.17) is 9.26 Å². The Balaban J connectivity index is 2.43. The lowest BCUT2D eigenvalue weighted by Crippen LogP contribution is -2.29. The topological polar surface area (TPSA) is 68.4 Å². The monoisotopic (exact) mass is 294 g/mol. The maximum absolute atomic E-state index is 13.3. The van der Waals surface area contributed by atoms with Gasteiger partial charge in [-0.2, -0.15) is 4.98 Å². The Morgan fingerprint density at radius 3 is 2.62 bits per heavy atom. The molecule has 6 heteroatoms. The van der Waals surface area contributed by atoms with Crippen LogP contribution in [0.15, 0.2) is 22.7 Å². The molecule has 0 amide bonds. The average molecular weight is 294 g/mol. The Morgan fingerprint density at radius 1 is 1.29 bits per heavy atom. The largest absolute Gasteiger partial charge is 0.507 e. The number of phenols is 1. The second kappa shape index (κ2) is 6.22. The molecule has 0 aliphatic carbocycles. The molecule has 114 valence electrons. The molecule has 5 nitrogen and oxygen atoms in total. The maximum atomic E-state index is 13.3. The van der Waals surface area contributed by atoms with E-state index in [0.29, 0.717) is 25.3 Å². The minimum absolute atomic E-state index is 0.0768. The Labute approximate surface area is 122 Å². The Morgan fingerprint density at radius 2 is 2.00 bits per heavy atom. The Kier molecular flexibility index (Phi) is 4.57. The molecule has 0 aliphatic heterocycles. The fourth-order valence-electron chi connectivity index (χ4n) is 2.31. The third-order valence-corrected chi connectivity index (χ3v) is 3.59. The van der Waals surface area contributed by atoms with E-state index in [1.54, 1.807) is 0 Å². The van der Waals surface area contributed by atoms with Gasteiger partial charge in [0.2, 0.25) is 5.82 Å². The summed E-state index contributed by atoms with van der Waals surface area (Å²) < 4.78 is 24.3. The fourth-order valence-corrected chi connectivity index (χ4v) is 2.31. The maximum Gasteiger partial charge on any atom is 0.261 e. The molecular weight excluding hydrogens is 275 g/mol. The van der Waals surface area contributed by atoms with E-state index in [2.05, 4.69) is 10.1 Å². The molecule has 0 radical (unpaired) electrons. The van der Waals surface area contributed by atoms with Gasteiger partial charge in [0.15, 0.2) is 0 Å². The Bertz CT molecular complexity index is 609. The number of ether oxygens (including phenoxy) is 1. The molecule has 2 aromatic rings. The van der Waals surface area contributed by atoms with Gasteiger partial charge < -0.3 is 14.4 Å². The molecule has 0 atom stereocenters. The van der Waals surface area contributed by atoms with Crippen molar-refractivity contribution in [1.82, 2.24) is 10.1 Å². The van der Waals surface area contributed by atoms with Crippen LogP contribution in [0.5, 0.6) is 5.75 Å². The van der Waals surface area contributed by atoms with Crippen molar-refractivity contribution in [3.63, 3.8) is 0 Å². The molecule has 0 spiro atoms. The summed E-state index contributed by atoms with van der Waals surface area (Å²) in [5.74, 6) is -0.104. The number of phenolic OH excluding ortho intramolecular Hbond substituents is 1. The van der Waals surface area contributed by atoms with Crippen LogP contribution in [0.1, 0.15) is 39.4 Å². The van der Waals surface area contributed by atoms with Crippen molar-refractivity contribution >= 4 is 0 Å². The molecule has 1 N–H and O–H groups in total. The minimum Gasteiger partial charge on any atom is -0.507 e. The van der Waals surface area contributed by atoms with Crippen LogP contribution in [-0.4, -0.2) is 21.9 Å². The van der Waals surface area contributed by atoms with Crippen LogP contribution in [-0.2, 0) is 10.3 Å². The van der Waals surface area contributed by atoms with Gasteiger partial charge in [-0.3, -0.25) is 0 Å². The third kappa shape index (κ3) is 2.90. The number of aromatic hydroxyl groups is 1. The molecule has 0 saturated heterocycles. The van der Waals surface area contributed by atoms with Gasteiger partial charge in [0, 0.05) is 6.61 Å². The summed E-state index contributed by atoms with van der Waals surface area (Å²) in [5.41, 5.74) is -0.453. The van der Waals surface area contributed by atoms with Gasteiger partial charge in [0.25, 0.3) is 5.89 Å². The number of benzene rings is 1. The van der Waals surface area contributed by atoms with Crippen molar-refractivity contribution in [2.24, 2.45) is 0 Å². The average Bonchev–Trinajstić information content (AvgIpc) is 2.97. The van der Waals surface area contributed by atoms with Crippen molar-refractivity contribution in [2.75, 3.05) is 6.61 Å². The molecule has 0 fully saturated rings.